The molecule has 1 atom stereocenters. The Balaban J connectivity index is 2.10. The van der Waals surface area contributed by atoms with Gasteiger partial charge in [0.05, 0.1) is 10.6 Å². The minimum Gasteiger partial charge on any atom is -0.352 e. The highest BCUT2D eigenvalue weighted by molar-refractivity contribution is 7.98. The first kappa shape index (κ1) is 32.8. The highest BCUT2D eigenvalue weighted by Crippen LogP contribution is 2.29. The van der Waals surface area contributed by atoms with Crippen LogP contribution in [0.2, 0.25) is 10.0 Å². The SMILES string of the molecule is CC[C@H](C(=O)NC(C)C)N(Cc1c(Cl)cccc1Cl)C(=O)CN(c1ccc(C)cc1)S(=O)(=O)c1ccc(SC)cc1. The predicted octanol–water partition coefficient (Wildman–Crippen LogP) is 6.55. The second kappa shape index (κ2) is 14.4. The summed E-state index contributed by atoms with van der Waals surface area (Å²) >= 11 is 14.4. The summed E-state index contributed by atoms with van der Waals surface area (Å²) < 4.78 is 29.1. The van der Waals surface area contributed by atoms with Crippen LogP contribution < -0.4 is 9.62 Å². The largest absolute Gasteiger partial charge is 0.352 e. The summed E-state index contributed by atoms with van der Waals surface area (Å²) in [5, 5.41) is 3.55. The average molecular weight is 637 g/mol. The number of nitrogens with one attached hydrogen (secondary N) is 1. The predicted molar refractivity (Wildman–Crippen MR) is 168 cm³/mol. The summed E-state index contributed by atoms with van der Waals surface area (Å²) in [7, 11) is -4.16. The number of benzene rings is 3. The van der Waals surface area contributed by atoms with Crippen LogP contribution in [0.3, 0.4) is 0 Å². The molecule has 3 rings (SSSR count). The summed E-state index contributed by atoms with van der Waals surface area (Å²) in [5.74, 6) is -0.923. The second-order valence-corrected chi connectivity index (χ2v) is 13.4. The number of halogens is 2. The van der Waals surface area contributed by atoms with E-state index in [1.165, 1.54) is 28.8 Å². The Hall–Kier alpha value is -2.72. The van der Waals surface area contributed by atoms with Gasteiger partial charge in [0, 0.05) is 33.1 Å². The van der Waals surface area contributed by atoms with Crippen molar-refractivity contribution < 1.29 is 18.0 Å². The highest BCUT2D eigenvalue weighted by atomic mass is 35.5. The zero-order valence-electron chi connectivity index (χ0n) is 23.7. The van der Waals surface area contributed by atoms with Crippen LogP contribution in [0.1, 0.15) is 38.3 Å². The Morgan fingerprint density at radius 2 is 1.54 bits per heavy atom. The highest BCUT2D eigenvalue weighted by Gasteiger charge is 2.34. The van der Waals surface area contributed by atoms with E-state index in [4.69, 9.17) is 23.2 Å². The molecule has 0 spiro atoms. The minimum absolute atomic E-state index is 0.0500. The quantitative estimate of drug-likeness (QED) is 0.228. The molecule has 0 heterocycles. The first-order valence-electron chi connectivity index (χ1n) is 13.1. The van der Waals surface area contributed by atoms with Crippen molar-refractivity contribution in [2.24, 2.45) is 0 Å². The van der Waals surface area contributed by atoms with E-state index in [0.717, 1.165) is 14.8 Å². The van der Waals surface area contributed by atoms with Gasteiger partial charge in [0.25, 0.3) is 10.0 Å². The van der Waals surface area contributed by atoms with Crippen LogP contribution in [0.15, 0.2) is 76.5 Å². The van der Waals surface area contributed by atoms with E-state index in [1.807, 2.05) is 27.0 Å². The van der Waals surface area contributed by atoms with Crippen molar-refractivity contribution in [1.29, 1.82) is 0 Å². The molecule has 0 aromatic heterocycles. The Labute approximate surface area is 257 Å². The number of sulfonamides is 1. The smallest absolute Gasteiger partial charge is 0.264 e. The summed E-state index contributed by atoms with van der Waals surface area (Å²) in [6, 6.07) is 17.3. The van der Waals surface area contributed by atoms with Gasteiger partial charge in [-0.3, -0.25) is 13.9 Å². The molecule has 3 aromatic carbocycles. The molecule has 7 nitrogen and oxygen atoms in total. The molecule has 0 saturated heterocycles. The van der Waals surface area contributed by atoms with Crippen LogP contribution in [0, 0.1) is 6.92 Å². The number of carbonyl (C=O) groups is 2. The Morgan fingerprint density at radius 1 is 0.951 bits per heavy atom. The number of rotatable bonds is 12. The van der Waals surface area contributed by atoms with E-state index in [9.17, 15) is 18.0 Å². The first-order chi connectivity index (χ1) is 19.4. The zero-order chi connectivity index (χ0) is 30.3. The first-order valence-corrected chi connectivity index (χ1v) is 16.6. The van der Waals surface area contributed by atoms with Crippen molar-refractivity contribution in [3.05, 3.63) is 87.9 Å². The molecular weight excluding hydrogens is 601 g/mol. The number of amides is 2. The van der Waals surface area contributed by atoms with Crippen LogP contribution in [-0.2, 0) is 26.2 Å². The van der Waals surface area contributed by atoms with Crippen LogP contribution in [0.5, 0.6) is 0 Å². The molecule has 220 valence electrons. The second-order valence-electron chi connectivity index (χ2n) is 9.83. The fourth-order valence-electron chi connectivity index (χ4n) is 4.27. The van der Waals surface area contributed by atoms with Gasteiger partial charge in [0.15, 0.2) is 0 Å². The van der Waals surface area contributed by atoms with Gasteiger partial charge in [0.2, 0.25) is 11.8 Å². The van der Waals surface area contributed by atoms with Crippen LogP contribution in [-0.4, -0.2) is 50.0 Å². The molecule has 0 aliphatic rings. The maximum absolute atomic E-state index is 14.1. The lowest BCUT2D eigenvalue weighted by Crippen LogP contribution is -2.53. The standard InChI is InChI=1S/C30H35Cl2N3O4S2/c1-6-28(30(37)33-20(2)3)34(18-25-26(31)8-7-9-27(25)32)29(36)19-35(22-12-10-21(4)11-13-22)41(38,39)24-16-14-23(40-5)15-17-24/h7-17,20,28H,6,18-19H2,1-5H3,(H,33,37)/t28-/m1/s1. The molecule has 0 aliphatic heterocycles. The zero-order valence-corrected chi connectivity index (χ0v) is 26.9. The number of anilines is 1. The minimum atomic E-state index is -4.16. The van der Waals surface area contributed by atoms with E-state index in [1.54, 1.807) is 61.5 Å². The summed E-state index contributed by atoms with van der Waals surface area (Å²) in [4.78, 5) is 29.7. The summed E-state index contributed by atoms with van der Waals surface area (Å²) in [5.41, 5.74) is 1.74. The van der Waals surface area contributed by atoms with Crippen LogP contribution in [0.25, 0.3) is 0 Å². The fourth-order valence-corrected chi connectivity index (χ4v) is 6.61. The van der Waals surface area contributed by atoms with E-state index >= 15 is 0 Å². The number of hydrogen-bond donors (Lipinski definition) is 1. The maximum Gasteiger partial charge on any atom is 0.264 e. The third-order valence-electron chi connectivity index (χ3n) is 6.46. The van der Waals surface area contributed by atoms with Gasteiger partial charge in [-0.15, -0.1) is 11.8 Å². The summed E-state index contributed by atoms with van der Waals surface area (Å²) in [6.07, 6.45) is 2.19. The van der Waals surface area contributed by atoms with Crippen molar-refractivity contribution >= 4 is 62.5 Å². The van der Waals surface area contributed by atoms with Crippen molar-refractivity contribution in [1.82, 2.24) is 10.2 Å². The lowest BCUT2D eigenvalue weighted by molar-refractivity contribution is -0.140. The number of hydrogen-bond acceptors (Lipinski definition) is 5. The van der Waals surface area contributed by atoms with Gasteiger partial charge in [-0.1, -0.05) is 53.9 Å². The van der Waals surface area contributed by atoms with Crippen molar-refractivity contribution in [2.45, 2.75) is 62.5 Å². The summed E-state index contributed by atoms with van der Waals surface area (Å²) in [6.45, 7) is 6.73. The molecule has 3 aromatic rings. The maximum atomic E-state index is 14.1. The van der Waals surface area contributed by atoms with Gasteiger partial charge in [-0.2, -0.15) is 0 Å². The van der Waals surface area contributed by atoms with Gasteiger partial charge < -0.3 is 10.2 Å². The number of carbonyl (C=O) groups excluding carboxylic acids is 2. The number of nitrogens with zero attached hydrogens (tertiary/aromatic N) is 2. The molecule has 0 fully saturated rings. The van der Waals surface area contributed by atoms with E-state index in [0.29, 0.717) is 27.7 Å². The molecule has 41 heavy (non-hydrogen) atoms. The molecule has 2 amide bonds. The van der Waals surface area contributed by atoms with Crippen molar-refractivity contribution in [3.8, 4) is 0 Å². The monoisotopic (exact) mass is 635 g/mol. The molecule has 0 unspecified atom stereocenters. The number of aryl methyl sites for hydroxylation is 1. The third-order valence-corrected chi connectivity index (χ3v) is 9.70. The lowest BCUT2D eigenvalue weighted by Gasteiger charge is -2.34. The average Bonchev–Trinajstić information content (AvgIpc) is 2.93. The van der Waals surface area contributed by atoms with E-state index < -0.39 is 28.5 Å². The van der Waals surface area contributed by atoms with E-state index in [-0.39, 0.29) is 23.4 Å². The normalized spacial score (nSPS) is 12.2. The lowest BCUT2D eigenvalue weighted by atomic mass is 10.1. The molecule has 1 N–H and O–H groups in total. The third kappa shape index (κ3) is 8.19. The Bertz CT molecular complexity index is 1440. The molecule has 11 heteroatoms. The Morgan fingerprint density at radius 3 is 2.05 bits per heavy atom. The molecule has 0 saturated carbocycles. The molecule has 0 radical (unpaired) electrons. The van der Waals surface area contributed by atoms with Crippen molar-refractivity contribution in [2.75, 3.05) is 17.1 Å². The van der Waals surface area contributed by atoms with Gasteiger partial charge >= 0.3 is 0 Å². The molecule has 0 aliphatic carbocycles. The van der Waals surface area contributed by atoms with Gasteiger partial charge in [0.1, 0.15) is 12.6 Å². The molecule has 0 bridgehead atoms. The van der Waals surface area contributed by atoms with E-state index in [2.05, 4.69) is 5.32 Å². The topological polar surface area (TPSA) is 86.8 Å². The molecular formula is C30H35Cl2N3O4S2. The van der Waals surface area contributed by atoms with Crippen molar-refractivity contribution in [3.63, 3.8) is 0 Å². The number of thioether (sulfide) groups is 1. The van der Waals surface area contributed by atoms with Gasteiger partial charge in [-0.25, -0.2) is 8.42 Å². The van der Waals surface area contributed by atoms with Gasteiger partial charge in [-0.05, 0) is 82.0 Å². The van der Waals surface area contributed by atoms with Crippen LogP contribution in [0.4, 0.5) is 5.69 Å². The van der Waals surface area contributed by atoms with Crippen LogP contribution >= 0.6 is 35.0 Å². The Kier molecular flexibility index (Phi) is 11.6. The fraction of sp³-hybridized carbons (Fsp3) is 0.333.